The second kappa shape index (κ2) is 7.27. The monoisotopic (exact) mass is 269 g/mol. The minimum atomic E-state index is -0.251. The molecule has 1 amide bonds. The van der Waals surface area contributed by atoms with E-state index < -0.39 is 0 Å². The smallest absolute Gasteiger partial charge is 0.258 e. The molecule has 0 saturated carbocycles. The Kier molecular flexibility index (Phi) is 5.99. The Labute approximate surface area is 113 Å². The first-order valence-electron chi connectivity index (χ1n) is 6.14. The van der Waals surface area contributed by atoms with Crippen molar-refractivity contribution < 1.29 is 9.53 Å². The molecule has 1 rings (SSSR count). The van der Waals surface area contributed by atoms with Crippen molar-refractivity contribution in [2.45, 2.75) is 32.2 Å². The van der Waals surface area contributed by atoms with Crippen molar-refractivity contribution in [1.29, 1.82) is 0 Å². The highest BCUT2D eigenvalue weighted by molar-refractivity contribution is 6.17. The van der Waals surface area contributed by atoms with Gasteiger partial charge in [-0.15, -0.1) is 11.6 Å². The first kappa shape index (κ1) is 14.8. The van der Waals surface area contributed by atoms with E-state index in [0.29, 0.717) is 11.6 Å². The first-order chi connectivity index (χ1) is 8.59. The Balaban J connectivity index is 2.41. The highest BCUT2D eigenvalue weighted by atomic mass is 35.5. The first-order valence-corrected chi connectivity index (χ1v) is 6.68. The summed E-state index contributed by atoms with van der Waals surface area (Å²) in [5, 5.41) is 2.97. The van der Waals surface area contributed by atoms with Gasteiger partial charge >= 0.3 is 0 Å². The summed E-state index contributed by atoms with van der Waals surface area (Å²) in [6.45, 7) is 4.06. The van der Waals surface area contributed by atoms with E-state index in [-0.39, 0.29) is 18.1 Å². The Bertz CT molecular complexity index is 369. The Morgan fingerprint density at radius 1 is 1.39 bits per heavy atom. The van der Waals surface area contributed by atoms with Crippen LogP contribution in [0.4, 0.5) is 0 Å². The molecule has 0 heterocycles. The molecule has 1 aromatic rings. The van der Waals surface area contributed by atoms with Crippen molar-refractivity contribution in [2.24, 2.45) is 0 Å². The van der Waals surface area contributed by atoms with Gasteiger partial charge in [-0.2, -0.15) is 0 Å². The van der Waals surface area contributed by atoms with Gasteiger partial charge in [0.25, 0.3) is 5.91 Å². The van der Waals surface area contributed by atoms with Crippen LogP contribution in [0.15, 0.2) is 30.3 Å². The molecule has 18 heavy (non-hydrogen) atoms. The van der Waals surface area contributed by atoms with Crippen molar-refractivity contribution in [3.63, 3.8) is 0 Å². The van der Waals surface area contributed by atoms with Crippen LogP contribution in [0.25, 0.3) is 0 Å². The molecule has 0 radical (unpaired) electrons. The predicted molar refractivity (Wildman–Crippen MR) is 74.1 cm³/mol. The molecule has 3 nitrogen and oxygen atoms in total. The lowest BCUT2D eigenvalue weighted by Crippen LogP contribution is -2.47. The second-order valence-electron chi connectivity index (χ2n) is 4.50. The normalized spacial score (nSPS) is 13.7. The second-order valence-corrected chi connectivity index (χ2v) is 4.88. The fourth-order valence-electron chi connectivity index (χ4n) is 1.57. The quantitative estimate of drug-likeness (QED) is 0.773. The van der Waals surface area contributed by atoms with Crippen LogP contribution in [-0.2, 0) is 4.79 Å². The number of alkyl halides is 1. The molecule has 0 spiro atoms. The summed E-state index contributed by atoms with van der Waals surface area (Å²) in [6, 6.07) is 9.30. The Morgan fingerprint density at radius 2 is 2.06 bits per heavy atom. The van der Waals surface area contributed by atoms with Gasteiger partial charge in [0.2, 0.25) is 0 Å². The van der Waals surface area contributed by atoms with E-state index in [9.17, 15) is 4.79 Å². The number of carbonyl (C=O) groups is 1. The van der Waals surface area contributed by atoms with Gasteiger partial charge in [-0.25, -0.2) is 0 Å². The van der Waals surface area contributed by atoms with E-state index in [2.05, 4.69) is 5.32 Å². The number of rotatable bonds is 7. The van der Waals surface area contributed by atoms with Gasteiger partial charge in [0, 0.05) is 11.4 Å². The number of hydrogen-bond acceptors (Lipinski definition) is 2. The molecule has 0 aliphatic heterocycles. The molecule has 0 aliphatic rings. The van der Waals surface area contributed by atoms with Crippen molar-refractivity contribution >= 4 is 17.5 Å². The lowest BCUT2D eigenvalue weighted by Gasteiger charge is -2.28. The molecule has 1 aromatic carbocycles. The molecular formula is C14H20ClNO2. The summed E-state index contributed by atoms with van der Waals surface area (Å²) >= 11 is 5.74. The number of halogens is 1. The van der Waals surface area contributed by atoms with E-state index in [1.54, 1.807) is 0 Å². The molecule has 0 aliphatic carbocycles. The van der Waals surface area contributed by atoms with Crippen molar-refractivity contribution in [3.05, 3.63) is 30.3 Å². The molecule has 1 unspecified atom stereocenters. The van der Waals surface area contributed by atoms with Crippen LogP contribution in [0.2, 0.25) is 0 Å². The third kappa shape index (κ3) is 4.96. The van der Waals surface area contributed by atoms with Crippen LogP contribution < -0.4 is 10.1 Å². The van der Waals surface area contributed by atoms with Gasteiger partial charge in [-0.3, -0.25) is 4.79 Å². The molecule has 0 fully saturated rings. The zero-order valence-electron chi connectivity index (χ0n) is 10.9. The minimum Gasteiger partial charge on any atom is -0.484 e. The van der Waals surface area contributed by atoms with E-state index >= 15 is 0 Å². The molecule has 0 saturated heterocycles. The third-order valence-electron chi connectivity index (χ3n) is 2.98. The molecule has 1 atom stereocenters. The largest absolute Gasteiger partial charge is 0.484 e. The van der Waals surface area contributed by atoms with Gasteiger partial charge in [-0.05, 0) is 31.9 Å². The summed E-state index contributed by atoms with van der Waals surface area (Å²) in [4.78, 5) is 11.8. The van der Waals surface area contributed by atoms with E-state index in [1.165, 1.54) is 0 Å². The van der Waals surface area contributed by atoms with E-state index in [4.69, 9.17) is 16.3 Å². The maximum Gasteiger partial charge on any atom is 0.258 e. The highest BCUT2D eigenvalue weighted by Gasteiger charge is 2.23. The van der Waals surface area contributed by atoms with Crippen LogP contribution >= 0.6 is 11.6 Å². The molecule has 100 valence electrons. The fourth-order valence-corrected chi connectivity index (χ4v) is 1.99. The van der Waals surface area contributed by atoms with Crippen LogP contribution in [0.3, 0.4) is 0 Å². The molecule has 0 aromatic heterocycles. The third-order valence-corrected chi connectivity index (χ3v) is 3.17. The molecular weight excluding hydrogens is 250 g/mol. The average molecular weight is 270 g/mol. The highest BCUT2D eigenvalue weighted by Crippen LogP contribution is 2.15. The summed E-state index contributed by atoms with van der Waals surface area (Å²) < 4.78 is 5.39. The zero-order valence-corrected chi connectivity index (χ0v) is 11.7. The van der Waals surface area contributed by atoms with Gasteiger partial charge in [-0.1, -0.05) is 25.1 Å². The number of benzene rings is 1. The van der Waals surface area contributed by atoms with Gasteiger partial charge in [0.1, 0.15) is 5.75 Å². The summed E-state index contributed by atoms with van der Waals surface area (Å²) in [6.07, 6.45) is 1.60. The standard InChI is InChI=1S/C14H20ClNO2/c1-3-14(2,9-10-15)16-13(17)11-18-12-7-5-4-6-8-12/h4-8H,3,9-11H2,1-2H3,(H,16,17). The SMILES string of the molecule is CCC(C)(CCCl)NC(=O)COc1ccccc1. The predicted octanol–water partition coefficient (Wildman–Crippen LogP) is 2.98. The maximum absolute atomic E-state index is 11.8. The van der Waals surface area contributed by atoms with Gasteiger partial charge in [0.05, 0.1) is 0 Å². The number of para-hydroxylation sites is 1. The summed E-state index contributed by atoms with van der Waals surface area (Å²) in [7, 11) is 0. The topological polar surface area (TPSA) is 38.3 Å². The van der Waals surface area contributed by atoms with Crippen molar-refractivity contribution in [1.82, 2.24) is 5.32 Å². The Morgan fingerprint density at radius 3 is 2.61 bits per heavy atom. The average Bonchev–Trinajstić information content (AvgIpc) is 2.38. The van der Waals surface area contributed by atoms with E-state index in [1.807, 2.05) is 44.2 Å². The molecule has 4 heteroatoms. The lowest BCUT2D eigenvalue weighted by molar-refractivity contribution is -0.125. The van der Waals surface area contributed by atoms with Crippen molar-refractivity contribution in [3.8, 4) is 5.75 Å². The number of amides is 1. The Hall–Kier alpha value is -1.22. The maximum atomic E-state index is 11.8. The van der Waals surface area contributed by atoms with Crippen LogP contribution in [-0.4, -0.2) is 23.9 Å². The van der Waals surface area contributed by atoms with Crippen LogP contribution in [0, 0.1) is 0 Å². The van der Waals surface area contributed by atoms with Crippen LogP contribution in [0.5, 0.6) is 5.75 Å². The number of hydrogen-bond donors (Lipinski definition) is 1. The van der Waals surface area contributed by atoms with E-state index in [0.717, 1.165) is 12.8 Å². The summed E-state index contributed by atoms with van der Waals surface area (Å²) in [5.41, 5.74) is -0.251. The number of nitrogens with one attached hydrogen (secondary N) is 1. The van der Waals surface area contributed by atoms with Crippen molar-refractivity contribution in [2.75, 3.05) is 12.5 Å². The molecule has 0 bridgehead atoms. The van der Waals surface area contributed by atoms with Gasteiger partial charge in [0.15, 0.2) is 6.61 Å². The fraction of sp³-hybridized carbons (Fsp3) is 0.500. The summed E-state index contributed by atoms with van der Waals surface area (Å²) in [5.74, 6) is 1.11. The lowest BCUT2D eigenvalue weighted by atomic mass is 9.95. The number of ether oxygens (including phenoxy) is 1. The van der Waals surface area contributed by atoms with Crippen LogP contribution in [0.1, 0.15) is 26.7 Å². The number of carbonyl (C=O) groups excluding carboxylic acids is 1. The molecule has 1 N–H and O–H groups in total. The zero-order chi connectivity index (χ0) is 13.4. The van der Waals surface area contributed by atoms with Gasteiger partial charge < -0.3 is 10.1 Å². The minimum absolute atomic E-state index is 0.0297.